The Morgan fingerprint density at radius 3 is 2.42 bits per heavy atom. The summed E-state index contributed by atoms with van der Waals surface area (Å²) in [6.45, 7) is 4.66. The van der Waals surface area contributed by atoms with Crippen LogP contribution in [0.3, 0.4) is 0 Å². The van der Waals surface area contributed by atoms with E-state index in [-0.39, 0.29) is 11.9 Å². The second-order valence-electron chi connectivity index (χ2n) is 5.62. The van der Waals surface area contributed by atoms with Gasteiger partial charge in [-0.15, -0.1) is 0 Å². The Morgan fingerprint density at radius 1 is 1.08 bits per heavy atom. The molecule has 1 fully saturated rings. The Balaban J connectivity index is 1.62. The summed E-state index contributed by atoms with van der Waals surface area (Å²) in [6, 6.07) is 9.60. The van der Waals surface area contributed by atoms with Gasteiger partial charge in [0.25, 0.3) is 5.91 Å². The van der Waals surface area contributed by atoms with E-state index >= 15 is 0 Å². The van der Waals surface area contributed by atoms with Crippen LogP contribution in [0.15, 0.2) is 42.7 Å². The smallest absolute Gasteiger partial charge is 0.317 e. The molecule has 3 amide bonds. The molecule has 1 aromatic heterocycles. The van der Waals surface area contributed by atoms with Crippen molar-refractivity contribution in [2.45, 2.75) is 6.92 Å². The first-order valence-electron chi connectivity index (χ1n) is 8.11. The summed E-state index contributed by atoms with van der Waals surface area (Å²) in [5.74, 6) is -0.0484. The zero-order chi connectivity index (χ0) is 16.9. The lowest BCUT2D eigenvalue weighted by molar-refractivity contribution is 0.0665. The summed E-state index contributed by atoms with van der Waals surface area (Å²) in [4.78, 5) is 27.9. The molecule has 3 rings (SSSR count). The molecule has 1 aromatic carbocycles. The molecule has 0 atom stereocenters. The molecule has 126 valence electrons. The molecule has 0 bridgehead atoms. The van der Waals surface area contributed by atoms with E-state index in [2.05, 4.69) is 10.4 Å². The van der Waals surface area contributed by atoms with Gasteiger partial charge in [-0.1, -0.05) is 18.2 Å². The number of benzene rings is 1. The van der Waals surface area contributed by atoms with Crippen molar-refractivity contribution in [2.75, 3.05) is 32.7 Å². The average molecular weight is 327 g/mol. The molecule has 7 heteroatoms. The molecule has 0 radical (unpaired) electrons. The van der Waals surface area contributed by atoms with Crippen molar-refractivity contribution in [1.82, 2.24) is 24.9 Å². The lowest BCUT2D eigenvalue weighted by atomic mass is 10.2. The van der Waals surface area contributed by atoms with E-state index in [0.717, 1.165) is 5.69 Å². The molecule has 1 aliphatic heterocycles. The van der Waals surface area contributed by atoms with E-state index in [1.807, 2.05) is 37.3 Å². The zero-order valence-corrected chi connectivity index (χ0v) is 13.7. The lowest BCUT2D eigenvalue weighted by Crippen LogP contribution is -2.53. The first kappa shape index (κ1) is 16.0. The van der Waals surface area contributed by atoms with E-state index in [4.69, 9.17) is 0 Å². The Morgan fingerprint density at radius 2 is 1.75 bits per heavy atom. The Bertz CT molecular complexity index is 705. The van der Waals surface area contributed by atoms with Crippen molar-refractivity contribution in [1.29, 1.82) is 0 Å². The maximum atomic E-state index is 12.6. The number of amides is 3. The van der Waals surface area contributed by atoms with Crippen LogP contribution in [-0.4, -0.2) is 64.2 Å². The number of hydrogen-bond acceptors (Lipinski definition) is 3. The number of piperazine rings is 1. The van der Waals surface area contributed by atoms with E-state index in [9.17, 15) is 9.59 Å². The van der Waals surface area contributed by atoms with Gasteiger partial charge in [-0.3, -0.25) is 4.79 Å². The fraction of sp³-hybridized carbons (Fsp3) is 0.353. The fourth-order valence-corrected chi connectivity index (χ4v) is 2.71. The molecule has 24 heavy (non-hydrogen) atoms. The predicted molar refractivity (Wildman–Crippen MR) is 90.1 cm³/mol. The third kappa shape index (κ3) is 3.40. The van der Waals surface area contributed by atoms with Gasteiger partial charge in [0.2, 0.25) is 0 Å². The van der Waals surface area contributed by atoms with Crippen LogP contribution in [0.1, 0.15) is 17.3 Å². The number of para-hydroxylation sites is 1. The maximum absolute atomic E-state index is 12.6. The number of carbonyl (C=O) groups excluding carboxylic acids is 2. The predicted octanol–water partition coefficient (Wildman–Crippen LogP) is 1.36. The second-order valence-corrected chi connectivity index (χ2v) is 5.62. The van der Waals surface area contributed by atoms with Crippen LogP contribution >= 0.6 is 0 Å². The molecule has 1 aliphatic rings. The van der Waals surface area contributed by atoms with Gasteiger partial charge in [0, 0.05) is 38.9 Å². The molecule has 1 N–H and O–H groups in total. The van der Waals surface area contributed by atoms with Gasteiger partial charge >= 0.3 is 6.03 Å². The van der Waals surface area contributed by atoms with Crippen LogP contribution in [0.5, 0.6) is 0 Å². The van der Waals surface area contributed by atoms with Gasteiger partial charge in [-0.2, -0.15) is 5.10 Å². The molecule has 0 unspecified atom stereocenters. The minimum Gasteiger partial charge on any atom is -0.338 e. The Labute approximate surface area is 140 Å². The fourth-order valence-electron chi connectivity index (χ4n) is 2.71. The first-order valence-corrected chi connectivity index (χ1v) is 8.11. The molecule has 2 aromatic rings. The van der Waals surface area contributed by atoms with Crippen molar-refractivity contribution in [3.8, 4) is 5.69 Å². The highest BCUT2D eigenvalue weighted by Gasteiger charge is 2.25. The van der Waals surface area contributed by atoms with Crippen LogP contribution < -0.4 is 5.32 Å². The summed E-state index contributed by atoms with van der Waals surface area (Å²) in [7, 11) is 0. The minimum absolute atomic E-state index is 0.0484. The van der Waals surface area contributed by atoms with Crippen molar-refractivity contribution in [3.63, 3.8) is 0 Å². The molecule has 7 nitrogen and oxygen atoms in total. The maximum Gasteiger partial charge on any atom is 0.317 e. The largest absolute Gasteiger partial charge is 0.338 e. The van der Waals surface area contributed by atoms with Crippen LogP contribution in [-0.2, 0) is 0 Å². The minimum atomic E-state index is -0.0681. The van der Waals surface area contributed by atoms with Crippen LogP contribution in [0, 0.1) is 0 Å². The van der Waals surface area contributed by atoms with Crippen molar-refractivity contribution in [2.24, 2.45) is 0 Å². The Hall–Kier alpha value is -2.83. The normalized spacial score (nSPS) is 14.5. The summed E-state index contributed by atoms with van der Waals surface area (Å²) in [6.07, 6.45) is 3.33. The van der Waals surface area contributed by atoms with Gasteiger partial charge in [-0.05, 0) is 19.1 Å². The number of nitrogens with zero attached hydrogens (tertiary/aromatic N) is 4. The molecule has 2 heterocycles. The SMILES string of the molecule is CCNC(=O)N1CCN(C(=O)c2cnn(-c3ccccc3)c2)CC1. The number of hydrogen-bond donors (Lipinski definition) is 1. The van der Waals surface area contributed by atoms with Gasteiger partial charge in [0.15, 0.2) is 0 Å². The summed E-state index contributed by atoms with van der Waals surface area (Å²) < 4.78 is 1.69. The molecular formula is C17H21N5O2. The van der Waals surface area contributed by atoms with Crippen molar-refractivity contribution >= 4 is 11.9 Å². The van der Waals surface area contributed by atoms with Crippen LogP contribution in [0.25, 0.3) is 5.69 Å². The van der Waals surface area contributed by atoms with Gasteiger partial charge < -0.3 is 15.1 Å². The van der Waals surface area contributed by atoms with Crippen molar-refractivity contribution in [3.05, 3.63) is 48.3 Å². The van der Waals surface area contributed by atoms with E-state index in [1.165, 1.54) is 0 Å². The van der Waals surface area contributed by atoms with E-state index < -0.39 is 0 Å². The summed E-state index contributed by atoms with van der Waals surface area (Å²) in [5, 5.41) is 7.05. The molecule has 0 aliphatic carbocycles. The molecular weight excluding hydrogens is 306 g/mol. The van der Waals surface area contributed by atoms with Gasteiger partial charge in [-0.25, -0.2) is 9.48 Å². The van der Waals surface area contributed by atoms with E-state index in [1.54, 1.807) is 26.9 Å². The third-order valence-corrected chi connectivity index (χ3v) is 4.03. The summed E-state index contributed by atoms with van der Waals surface area (Å²) >= 11 is 0. The highest BCUT2D eigenvalue weighted by molar-refractivity contribution is 5.94. The molecule has 1 saturated heterocycles. The van der Waals surface area contributed by atoms with Crippen LogP contribution in [0.2, 0.25) is 0 Å². The lowest BCUT2D eigenvalue weighted by Gasteiger charge is -2.34. The average Bonchev–Trinajstić information content (AvgIpc) is 3.12. The number of aromatic nitrogens is 2. The second kappa shape index (κ2) is 7.16. The highest BCUT2D eigenvalue weighted by atomic mass is 16.2. The number of urea groups is 1. The van der Waals surface area contributed by atoms with Gasteiger partial charge in [0.05, 0.1) is 17.4 Å². The number of nitrogens with one attached hydrogen (secondary N) is 1. The quantitative estimate of drug-likeness (QED) is 0.925. The first-order chi connectivity index (χ1) is 11.7. The number of rotatable bonds is 3. The van der Waals surface area contributed by atoms with Gasteiger partial charge in [0.1, 0.15) is 0 Å². The monoisotopic (exact) mass is 327 g/mol. The highest BCUT2D eigenvalue weighted by Crippen LogP contribution is 2.11. The number of carbonyl (C=O) groups is 2. The molecule has 0 spiro atoms. The Kier molecular flexibility index (Phi) is 4.79. The molecule has 0 saturated carbocycles. The zero-order valence-electron chi connectivity index (χ0n) is 13.7. The van der Waals surface area contributed by atoms with E-state index in [0.29, 0.717) is 38.3 Å². The third-order valence-electron chi connectivity index (χ3n) is 4.03. The summed E-state index contributed by atoms with van der Waals surface area (Å²) in [5.41, 5.74) is 1.47. The standard InChI is InChI=1S/C17H21N5O2/c1-2-18-17(24)21-10-8-20(9-11-21)16(23)14-12-19-22(13-14)15-6-4-3-5-7-15/h3-7,12-13H,2,8-11H2,1H3,(H,18,24). The topological polar surface area (TPSA) is 70.5 Å². The van der Waals surface area contributed by atoms with Crippen LogP contribution in [0.4, 0.5) is 4.79 Å². The van der Waals surface area contributed by atoms with Crippen molar-refractivity contribution < 1.29 is 9.59 Å².